The molecule has 0 aliphatic rings. The molecule has 0 rings (SSSR count). The normalized spacial score (nSPS) is 12.9. The fourth-order valence-corrected chi connectivity index (χ4v) is 2.53. The Hall–Kier alpha value is -0.350. The molecule has 0 aliphatic heterocycles. The van der Waals surface area contributed by atoms with Gasteiger partial charge >= 0.3 is 0 Å². The van der Waals surface area contributed by atoms with Crippen molar-refractivity contribution in [3.05, 3.63) is 0 Å². The predicted octanol–water partition coefficient (Wildman–Crippen LogP) is 3.04. The lowest BCUT2D eigenvalue weighted by Gasteiger charge is -2.35. The van der Waals surface area contributed by atoms with E-state index < -0.39 is 0 Å². The van der Waals surface area contributed by atoms with E-state index in [1.165, 1.54) is 0 Å². The highest BCUT2D eigenvalue weighted by Crippen LogP contribution is 2.12. The summed E-state index contributed by atoms with van der Waals surface area (Å²) < 4.78 is 5.14. The molecule has 0 spiro atoms. The summed E-state index contributed by atoms with van der Waals surface area (Å²) in [5.74, 6) is 0.614. The first-order chi connectivity index (χ1) is 8.46. The monoisotopic (exact) mass is 274 g/mol. The highest BCUT2D eigenvalue weighted by Gasteiger charge is 2.20. The fourth-order valence-electron chi connectivity index (χ4n) is 2.11. The van der Waals surface area contributed by atoms with Crippen molar-refractivity contribution in [3.8, 4) is 0 Å². The van der Waals surface area contributed by atoms with Gasteiger partial charge in [0.15, 0.2) is 5.11 Å². The molecule has 0 aromatic rings. The second-order valence-electron chi connectivity index (χ2n) is 5.32. The summed E-state index contributed by atoms with van der Waals surface area (Å²) in [4.78, 5) is 2.34. The van der Waals surface area contributed by atoms with E-state index in [9.17, 15) is 0 Å². The average molecular weight is 274 g/mol. The van der Waals surface area contributed by atoms with Crippen LogP contribution in [0.4, 0.5) is 0 Å². The van der Waals surface area contributed by atoms with Crippen LogP contribution in [0.5, 0.6) is 0 Å². The van der Waals surface area contributed by atoms with Crippen molar-refractivity contribution in [1.82, 2.24) is 10.2 Å². The largest absolute Gasteiger partial charge is 0.383 e. The van der Waals surface area contributed by atoms with Crippen molar-refractivity contribution in [2.45, 2.75) is 59.5 Å². The van der Waals surface area contributed by atoms with E-state index in [-0.39, 0.29) is 6.04 Å². The van der Waals surface area contributed by atoms with Gasteiger partial charge in [-0.05, 0) is 37.9 Å². The molecule has 4 heteroatoms. The molecule has 0 radical (unpaired) electrons. The minimum absolute atomic E-state index is 0.256. The van der Waals surface area contributed by atoms with Gasteiger partial charge in [0.25, 0.3) is 0 Å². The Balaban J connectivity index is 4.58. The first-order valence-corrected chi connectivity index (χ1v) is 7.43. The Morgan fingerprint density at radius 2 is 1.78 bits per heavy atom. The summed E-state index contributed by atoms with van der Waals surface area (Å²) in [5, 5.41) is 4.23. The molecule has 1 unspecified atom stereocenters. The third kappa shape index (κ3) is 6.55. The number of rotatable bonds is 8. The zero-order chi connectivity index (χ0) is 14.1. The molecule has 0 saturated heterocycles. The van der Waals surface area contributed by atoms with Gasteiger partial charge in [0.1, 0.15) is 0 Å². The van der Waals surface area contributed by atoms with Crippen LogP contribution in [0.1, 0.15) is 47.5 Å². The third-order valence-electron chi connectivity index (χ3n) is 2.99. The Morgan fingerprint density at radius 1 is 1.22 bits per heavy atom. The van der Waals surface area contributed by atoms with Crippen LogP contribution in [0.3, 0.4) is 0 Å². The van der Waals surface area contributed by atoms with Gasteiger partial charge in [0, 0.05) is 25.7 Å². The zero-order valence-electron chi connectivity index (χ0n) is 12.8. The van der Waals surface area contributed by atoms with E-state index in [4.69, 9.17) is 17.0 Å². The van der Waals surface area contributed by atoms with Crippen LogP contribution in [0.15, 0.2) is 0 Å². The molecule has 18 heavy (non-hydrogen) atoms. The standard InChI is InChI=1S/C14H30N2OS/c1-7-13(8-2)16(9-11(3)4)14(18)15-12(5)10-17-6/h11-13H,7-10H2,1-6H3,(H,15,18). The van der Waals surface area contributed by atoms with Crippen molar-refractivity contribution in [2.24, 2.45) is 5.92 Å². The van der Waals surface area contributed by atoms with E-state index in [0.29, 0.717) is 18.6 Å². The van der Waals surface area contributed by atoms with Gasteiger partial charge in [-0.1, -0.05) is 27.7 Å². The lowest BCUT2D eigenvalue weighted by molar-refractivity contribution is 0.175. The Morgan fingerprint density at radius 3 is 2.17 bits per heavy atom. The molecule has 0 aromatic carbocycles. The van der Waals surface area contributed by atoms with E-state index in [0.717, 1.165) is 24.5 Å². The molecule has 0 amide bonds. The van der Waals surface area contributed by atoms with Gasteiger partial charge in [0.2, 0.25) is 0 Å². The summed E-state index contributed by atoms with van der Waals surface area (Å²) in [6.45, 7) is 12.7. The van der Waals surface area contributed by atoms with E-state index >= 15 is 0 Å². The number of ether oxygens (including phenoxy) is 1. The summed E-state index contributed by atoms with van der Waals surface area (Å²) in [7, 11) is 1.72. The Labute approximate surface area is 118 Å². The van der Waals surface area contributed by atoms with Gasteiger partial charge in [-0.3, -0.25) is 0 Å². The van der Waals surface area contributed by atoms with Crippen LogP contribution in [-0.4, -0.2) is 42.4 Å². The number of nitrogens with one attached hydrogen (secondary N) is 1. The van der Waals surface area contributed by atoms with Gasteiger partial charge in [-0.25, -0.2) is 0 Å². The lowest BCUT2D eigenvalue weighted by atomic mass is 10.1. The molecule has 1 N–H and O–H groups in total. The highest BCUT2D eigenvalue weighted by atomic mass is 32.1. The first kappa shape index (κ1) is 17.6. The summed E-state index contributed by atoms with van der Waals surface area (Å²) in [5.41, 5.74) is 0. The first-order valence-electron chi connectivity index (χ1n) is 7.02. The van der Waals surface area contributed by atoms with Crippen LogP contribution in [-0.2, 0) is 4.74 Å². The van der Waals surface area contributed by atoms with Crippen molar-refractivity contribution >= 4 is 17.3 Å². The van der Waals surface area contributed by atoms with Crippen LogP contribution in [0, 0.1) is 5.92 Å². The maximum atomic E-state index is 5.55. The number of hydrogen-bond acceptors (Lipinski definition) is 2. The van der Waals surface area contributed by atoms with Crippen LogP contribution in [0.2, 0.25) is 0 Å². The maximum Gasteiger partial charge on any atom is 0.169 e. The lowest BCUT2D eigenvalue weighted by Crippen LogP contribution is -2.50. The maximum absolute atomic E-state index is 5.55. The minimum Gasteiger partial charge on any atom is -0.383 e. The molecule has 0 aliphatic carbocycles. The summed E-state index contributed by atoms with van der Waals surface area (Å²) in [6, 6.07) is 0.786. The number of thiocarbonyl (C=S) groups is 1. The molecule has 0 bridgehead atoms. The van der Waals surface area contributed by atoms with E-state index in [1.54, 1.807) is 7.11 Å². The van der Waals surface area contributed by atoms with Crippen LogP contribution in [0.25, 0.3) is 0 Å². The number of hydrogen-bond donors (Lipinski definition) is 1. The second kappa shape index (κ2) is 9.56. The van der Waals surface area contributed by atoms with Crippen molar-refractivity contribution in [2.75, 3.05) is 20.3 Å². The fraction of sp³-hybridized carbons (Fsp3) is 0.929. The SMILES string of the molecule is CCC(CC)N(CC(C)C)C(=S)NC(C)COC. The third-order valence-corrected chi connectivity index (χ3v) is 3.34. The summed E-state index contributed by atoms with van der Waals surface area (Å²) in [6.07, 6.45) is 2.26. The number of methoxy groups -OCH3 is 1. The van der Waals surface area contributed by atoms with Gasteiger partial charge in [-0.2, -0.15) is 0 Å². The molecule has 1 atom stereocenters. The number of nitrogens with zero attached hydrogens (tertiary/aromatic N) is 1. The van der Waals surface area contributed by atoms with Crippen LogP contribution >= 0.6 is 12.2 Å². The molecular formula is C14H30N2OS. The van der Waals surface area contributed by atoms with Gasteiger partial charge in [0.05, 0.1) is 6.61 Å². The zero-order valence-corrected chi connectivity index (χ0v) is 13.6. The van der Waals surface area contributed by atoms with Gasteiger partial charge < -0.3 is 15.0 Å². The Kier molecular flexibility index (Phi) is 9.38. The molecule has 3 nitrogen and oxygen atoms in total. The topological polar surface area (TPSA) is 24.5 Å². The van der Waals surface area contributed by atoms with Crippen molar-refractivity contribution in [3.63, 3.8) is 0 Å². The minimum atomic E-state index is 0.256. The molecular weight excluding hydrogens is 244 g/mol. The van der Waals surface area contributed by atoms with Crippen molar-refractivity contribution in [1.29, 1.82) is 0 Å². The van der Waals surface area contributed by atoms with Gasteiger partial charge in [-0.15, -0.1) is 0 Å². The second-order valence-corrected chi connectivity index (χ2v) is 5.71. The molecule has 0 saturated carbocycles. The molecule has 0 heterocycles. The quantitative estimate of drug-likeness (QED) is 0.688. The van der Waals surface area contributed by atoms with E-state index in [2.05, 4.69) is 44.8 Å². The smallest absolute Gasteiger partial charge is 0.169 e. The predicted molar refractivity (Wildman–Crippen MR) is 83.0 cm³/mol. The Bertz CT molecular complexity index is 230. The average Bonchev–Trinajstić information content (AvgIpc) is 2.28. The molecule has 0 aromatic heterocycles. The highest BCUT2D eigenvalue weighted by molar-refractivity contribution is 7.80. The molecule has 108 valence electrons. The van der Waals surface area contributed by atoms with Crippen LogP contribution < -0.4 is 5.32 Å². The molecule has 0 fully saturated rings. The summed E-state index contributed by atoms with van der Waals surface area (Å²) >= 11 is 5.55. The van der Waals surface area contributed by atoms with E-state index in [1.807, 2.05) is 0 Å². The van der Waals surface area contributed by atoms with Crippen molar-refractivity contribution < 1.29 is 4.74 Å².